The molecule has 0 fully saturated rings. The van der Waals surface area contributed by atoms with Crippen LogP contribution in [0.25, 0.3) is 11.4 Å². The number of carbonyl (C=O) groups is 1. The summed E-state index contributed by atoms with van der Waals surface area (Å²) in [6.45, 7) is 2.32. The van der Waals surface area contributed by atoms with Gasteiger partial charge in [-0.2, -0.15) is 0 Å². The molecule has 1 amide bonds. The quantitative estimate of drug-likeness (QED) is 0.903. The number of nitrogen functional groups attached to an aromatic ring is 1. The summed E-state index contributed by atoms with van der Waals surface area (Å²) in [5.74, 6) is 0.719. The highest BCUT2D eigenvalue weighted by Crippen LogP contribution is 2.30. The van der Waals surface area contributed by atoms with E-state index in [0.717, 1.165) is 0 Å². The first-order chi connectivity index (χ1) is 10.1. The number of benzene rings is 1. The highest BCUT2D eigenvalue weighted by atomic mass is 35.5. The summed E-state index contributed by atoms with van der Waals surface area (Å²) in [5.41, 5.74) is 6.68. The van der Waals surface area contributed by atoms with Crippen molar-refractivity contribution in [1.29, 1.82) is 0 Å². The largest absolute Gasteiger partial charge is 0.496 e. The fourth-order valence-electron chi connectivity index (χ4n) is 1.81. The Kier molecular flexibility index (Phi) is 4.59. The van der Waals surface area contributed by atoms with Crippen molar-refractivity contribution in [1.82, 2.24) is 15.3 Å². The van der Waals surface area contributed by atoms with E-state index in [0.29, 0.717) is 28.7 Å². The van der Waals surface area contributed by atoms with Crippen molar-refractivity contribution >= 4 is 23.3 Å². The van der Waals surface area contributed by atoms with Crippen LogP contribution >= 0.6 is 11.6 Å². The van der Waals surface area contributed by atoms with Crippen LogP contribution in [0.15, 0.2) is 24.4 Å². The number of aromatic nitrogens is 2. The lowest BCUT2D eigenvalue weighted by molar-refractivity contribution is 0.0956. The van der Waals surface area contributed by atoms with Gasteiger partial charge >= 0.3 is 0 Å². The number of nitrogens with zero attached hydrogens (tertiary/aromatic N) is 2. The molecule has 0 aliphatic rings. The number of anilines is 1. The normalized spacial score (nSPS) is 10.2. The van der Waals surface area contributed by atoms with Gasteiger partial charge in [-0.15, -0.1) is 0 Å². The molecule has 2 aromatic rings. The number of methoxy groups -OCH3 is 1. The number of nitrogens with one attached hydrogen (secondary N) is 1. The van der Waals surface area contributed by atoms with Gasteiger partial charge in [0.2, 0.25) is 0 Å². The van der Waals surface area contributed by atoms with Gasteiger partial charge in [-0.25, -0.2) is 9.97 Å². The fourth-order valence-corrected chi connectivity index (χ4v) is 1.98. The van der Waals surface area contributed by atoms with Crippen LogP contribution in [-0.4, -0.2) is 29.5 Å². The third kappa shape index (κ3) is 3.22. The summed E-state index contributed by atoms with van der Waals surface area (Å²) in [6.07, 6.45) is 1.39. The first-order valence-corrected chi connectivity index (χ1v) is 6.69. The Morgan fingerprint density at radius 1 is 1.48 bits per heavy atom. The minimum atomic E-state index is -0.306. The third-order valence-corrected chi connectivity index (χ3v) is 3.04. The maximum Gasteiger partial charge on any atom is 0.256 e. The van der Waals surface area contributed by atoms with E-state index < -0.39 is 0 Å². The van der Waals surface area contributed by atoms with Crippen LogP contribution in [-0.2, 0) is 0 Å². The number of carbonyl (C=O) groups excluding carboxylic acids is 1. The molecular weight excluding hydrogens is 292 g/mol. The zero-order valence-corrected chi connectivity index (χ0v) is 12.4. The minimum Gasteiger partial charge on any atom is -0.496 e. The number of nitrogens with two attached hydrogens (primary N) is 1. The van der Waals surface area contributed by atoms with Gasteiger partial charge in [0.1, 0.15) is 11.6 Å². The molecule has 110 valence electrons. The van der Waals surface area contributed by atoms with Crippen LogP contribution in [0, 0.1) is 0 Å². The van der Waals surface area contributed by atoms with Gasteiger partial charge in [-0.05, 0) is 25.1 Å². The fraction of sp³-hybridized carbons (Fsp3) is 0.214. The number of hydrogen-bond acceptors (Lipinski definition) is 5. The average molecular weight is 307 g/mol. The SMILES string of the molecule is CCNC(=O)c1cnc(-c2cc(Cl)ccc2OC)nc1N. The highest BCUT2D eigenvalue weighted by molar-refractivity contribution is 6.30. The molecular formula is C14H15ClN4O2. The molecule has 2 rings (SSSR count). The minimum absolute atomic E-state index is 0.105. The Labute approximate surface area is 127 Å². The molecule has 21 heavy (non-hydrogen) atoms. The second-order valence-electron chi connectivity index (χ2n) is 4.20. The number of amides is 1. The zero-order chi connectivity index (χ0) is 15.4. The zero-order valence-electron chi connectivity index (χ0n) is 11.7. The molecule has 0 unspecified atom stereocenters. The van der Waals surface area contributed by atoms with E-state index in [1.807, 2.05) is 6.92 Å². The van der Waals surface area contributed by atoms with Crippen LogP contribution in [0.5, 0.6) is 5.75 Å². The van der Waals surface area contributed by atoms with Gasteiger partial charge < -0.3 is 15.8 Å². The predicted octanol–water partition coefficient (Wildman–Crippen LogP) is 2.14. The standard InChI is InChI=1S/C14H15ClN4O2/c1-3-17-14(20)10-7-18-13(19-12(10)16)9-6-8(15)4-5-11(9)21-2/h4-7H,3H2,1-2H3,(H,17,20)(H2,16,18,19). The molecule has 0 saturated heterocycles. The monoisotopic (exact) mass is 306 g/mol. The van der Waals surface area contributed by atoms with Gasteiger partial charge in [0.15, 0.2) is 5.82 Å². The van der Waals surface area contributed by atoms with E-state index in [1.54, 1.807) is 25.3 Å². The van der Waals surface area contributed by atoms with Gasteiger partial charge in [-0.1, -0.05) is 11.6 Å². The molecule has 0 bridgehead atoms. The van der Waals surface area contributed by atoms with E-state index in [9.17, 15) is 4.79 Å². The third-order valence-electron chi connectivity index (χ3n) is 2.80. The number of hydrogen-bond donors (Lipinski definition) is 2. The maximum atomic E-state index is 11.8. The Bertz CT molecular complexity index is 676. The van der Waals surface area contributed by atoms with Crippen molar-refractivity contribution in [3.05, 3.63) is 35.0 Å². The van der Waals surface area contributed by atoms with Crippen molar-refractivity contribution < 1.29 is 9.53 Å². The molecule has 0 aliphatic heterocycles. The Hall–Kier alpha value is -2.34. The lowest BCUT2D eigenvalue weighted by atomic mass is 10.1. The predicted molar refractivity (Wildman–Crippen MR) is 81.4 cm³/mol. The average Bonchev–Trinajstić information content (AvgIpc) is 2.47. The molecule has 1 aromatic carbocycles. The maximum absolute atomic E-state index is 11.8. The van der Waals surface area contributed by atoms with E-state index in [1.165, 1.54) is 6.20 Å². The first kappa shape index (κ1) is 15.1. The highest BCUT2D eigenvalue weighted by Gasteiger charge is 2.15. The molecule has 1 heterocycles. The first-order valence-electron chi connectivity index (χ1n) is 6.31. The van der Waals surface area contributed by atoms with Gasteiger partial charge in [0.05, 0.1) is 18.2 Å². The number of ether oxygens (including phenoxy) is 1. The molecule has 7 heteroatoms. The molecule has 0 saturated carbocycles. The topological polar surface area (TPSA) is 90.1 Å². The van der Waals surface area contributed by atoms with Crippen molar-refractivity contribution in [3.63, 3.8) is 0 Å². The summed E-state index contributed by atoms with van der Waals surface area (Å²) in [7, 11) is 1.54. The summed E-state index contributed by atoms with van der Waals surface area (Å²) >= 11 is 5.98. The Morgan fingerprint density at radius 2 is 2.24 bits per heavy atom. The van der Waals surface area contributed by atoms with Crippen molar-refractivity contribution in [2.45, 2.75) is 6.92 Å². The summed E-state index contributed by atoms with van der Waals surface area (Å²) in [5, 5.41) is 3.18. The summed E-state index contributed by atoms with van der Waals surface area (Å²) in [6, 6.07) is 5.10. The van der Waals surface area contributed by atoms with E-state index >= 15 is 0 Å². The van der Waals surface area contributed by atoms with Crippen LogP contribution in [0.4, 0.5) is 5.82 Å². The number of halogens is 1. The van der Waals surface area contributed by atoms with Gasteiger partial charge in [0, 0.05) is 17.8 Å². The molecule has 0 atom stereocenters. The molecule has 3 N–H and O–H groups in total. The lowest BCUT2D eigenvalue weighted by Gasteiger charge is -2.10. The van der Waals surface area contributed by atoms with Crippen LogP contribution < -0.4 is 15.8 Å². The number of rotatable bonds is 4. The van der Waals surface area contributed by atoms with Crippen LogP contribution in [0.2, 0.25) is 5.02 Å². The van der Waals surface area contributed by atoms with Crippen molar-refractivity contribution in [2.75, 3.05) is 19.4 Å². The molecule has 1 aromatic heterocycles. The molecule has 6 nitrogen and oxygen atoms in total. The lowest BCUT2D eigenvalue weighted by Crippen LogP contribution is -2.24. The van der Waals surface area contributed by atoms with Crippen molar-refractivity contribution in [3.8, 4) is 17.1 Å². The van der Waals surface area contributed by atoms with Crippen molar-refractivity contribution in [2.24, 2.45) is 0 Å². The van der Waals surface area contributed by atoms with Crippen LogP contribution in [0.1, 0.15) is 17.3 Å². The van der Waals surface area contributed by atoms with E-state index in [-0.39, 0.29) is 17.3 Å². The second kappa shape index (κ2) is 6.41. The van der Waals surface area contributed by atoms with Crippen LogP contribution in [0.3, 0.4) is 0 Å². The smallest absolute Gasteiger partial charge is 0.256 e. The van der Waals surface area contributed by atoms with Gasteiger partial charge in [-0.3, -0.25) is 4.79 Å². The molecule has 0 spiro atoms. The second-order valence-corrected chi connectivity index (χ2v) is 4.63. The molecule has 0 aliphatic carbocycles. The summed E-state index contributed by atoms with van der Waals surface area (Å²) < 4.78 is 5.25. The van der Waals surface area contributed by atoms with E-state index in [4.69, 9.17) is 22.1 Å². The molecule has 0 radical (unpaired) electrons. The Morgan fingerprint density at radius 3 is 2.86 bits per heavy atom. The Balaban J connectivity index is 2.45. The summed E-state index contributed by atoms with van der Waals surface area (Å²) in [4.78, 5) is 20.1. The van der Waals surface area contributed by atoms with E-state index in [2.05, 4.69) is 15.3 Å². The van der Waals surface area contributed by atoms with Gasteiger partial charge in [0.25, 0.3) is 5.91 Å².